The van der Waals surface area contributed by atoms with Crippen molar-refractivity contribution < 1.29 is 9.53 Å². The molecule has 1 aromatic carbocycles. The van der Waals surface area contributed by atoms with E-state index in [1.54, 1.807) is 15.5 Å². The maximum atomic E-state index is 13.4. The van der Waals surface area contributed by atoms with E-state index in [0.29, 0.717) is 30.5 Å². The van der Waals surface area contributed by atoms with E-state index in [0.717, 1.165) is 36.0 Å². The molecule has 0 spiro atoms. The zero-order valence-corrected chi connectivity index (χ0v) is 21.3. The summed E-state index contributed by atoms with van der Waals surface area (Å²) in [7, 11) is 0. The van der Waals surface area contributed by atoms with Crippen molar-refractivity contribution in [2.75, 3.05) is 6.61 Å². The fourth-order valence-electron chi connectivity index (χ4n) is 5.47. The number of nitrogens with two attached hydrogens (primary N) is 1. The zero-order chi connectivity index (χ0) is 25.0. The van der Waals surface area contributed by atoms with Crippen LogP contribution < -0.4 is 11.3 Å². The molecule has 1 amide bonds. The van der Waals surface area contributed by atoms with E-state index in [1.807, 2.05) is 51.2 Å². The van der Waals surface area contributed by atoms with Crippen LogP contribution in [-0.2, 0) is 21.5 Å². The Hall–Kier alpha value is -2.64. The summed E-state index contributed by atoms with van der Waals surface area (Å²) in [5, 5.41) is 0.561. The van der Waals surface area contributed by atoms with Gasteiger partial charge in [0.1, 0.15) is 0 Å². The van der Waals surface area contributed by atoms with Crippen molar-refractivity contribution >= 4 is 23.5 Å². The van der Waals surface area contributed by atoms with Crippen LogP contribution in [0.1, 0.15) is 75.6 Å². The SMILES string of the molecule is CC1(C)C[C@H](N2C(=O)C[C@@](C)(c3cccc(Cc4ccn(C5CC5)c(=O)c4)c3Cl)N=C2N)CCO1. The van der Waals surface area contributed by atoms with Crippen LogP contribution in [-0.4, -0.2) is 39.6 Å². The highest BCUT2D eigenvalue weighted by Gasteiger charge is 2.43. The topological polar surface area (TPSA) is 89.9 Å². The lowest BCUT2D eigenvalue weighted by molar-refractivity contribution is -0.136. The third kappa shape index (κ3) is 4.76. The minimum Gasteiger partial charge on any atom is -0.375 e. The number of benzene rings is 1. The van der Waals surface area contributed by atoms with Gasteiger partial charge in [-0.25, -0.2) is 4.99 Å². The van der Waals surface area contributed by atoms with Crippen LogP contribution in [0.15, 0.2) is 46.3 Å². The molecule has 3 heterocycles. The van der Waals surface area contributed by atoms with Crippen LogP contribution in [0.3, 0.4) is 0 Å². The van der Waals surface area contributed by atoms with Crippen molar-refractivity contribution in [3.05, 3.63) is 68.6 Å². The Kier molecular flexibility index (Phi) is 6.04. The highest BCUT2D eigenvalue weighted by atomic mass is 35.5. The number of rotatable bonds is 5. The summed E-state index contributed by atoms with van der Waals surface area (Å²) in [6.07, 6.45) is 6.17. The largest absolute Gasteiger partial charge is 0.375 e. The van der Waals surface area contributed by atoms with Gasteiger partial charge in [0.2, 0.25) is 5.91 Å². The second kappa shape index (κ2) is 8.79. The lowest BCUT2D eigenvalue weighted by Crippen LogP contribution is -2.57. The number of hydrogen-bond donors (Lipinski definition) is 1. The molecule has 1 aliphatic carbocycles. The molecule has 1 saturated carbocycles. The summed E-state index contributed by atoms with van der Waals surface area (Å²) in [6, 6.07) is 9.79. The number of aromatic nitrogens is 1. The van der Waals surface area contributed by atoms with E-state index >= 15 is 0 Å². The quantitative estimate of drug-likeness (QED) is 0.673. The second-order valence-corrected chi connectivity index (χ2v) is 11.3. The molecule has 35 heavy (non-hydrogen) atoms. The third-order valence-electron chi connectivity index (χ3n) is 7.41. The van der Waals surface area contributed by atoms with E-state index < -0.39 is 5.54 Å². The van der Waals surface area contributed by atoms with Crippen LogP contribution in [0.25, 0.3) is 0 Å². The van der Waals surface area contributed by atoms with Crippen molar-refractivity contribution in [3.63, 3.8) is 0 Å². The van der Waals surface area contributed by atoms with Gasteiger partial charge in [0, 0.05) is 36.0 Å². The molecule has 186 valence electrons. The van der Waals surface area contributed by atoms with Gasteiger partial charge in [0.25, 0.3) is 5.56 Å². The number of nitrogens with zero attached hydrogens (tertiary/aromatic N) is 3. The van der Waals surface area contributed by atoms with Gasteiger partial charge < -0.3 is 15.0 Å². The average Bonchev–Trinajstić information content (AvgIpc) is 3.59. The highest BCUT2D eigenvalue weighted by molar-refractivity contribution is 6.32. The molecule has 1 saturated heterocycles. The first-order valence-corrected chi connectivity index (χ1v) is 12.7. The van der Waals surface area contributed by atoms with E-state index in [1.165, 1.54) is 0 Å². The first-order chi connectivity index (χ1) is 16.6. The van der Waals surface area contributed by atoms with Crippen LogP contribution in [0.4, 0.5) is 0 Å². The summed E-state index contributed by atoms with van der Waals surface area (Å²) in [5.74, 6) is 0.185. The summed E-state index contributed by atoms with van der Waals surface area (Å²) in [4.78, 5) is 32.3. The molecule has 2 aliphatic heterocycles. The molecule has 0 radical (unpaired) electrons. The summed E-state index contributed by atoms with van der Waals surface area (Å²) in [6.45, 7) is 6.56. The predicted octanol–water partition coefficient (Wildman–Crippen LogP) is 4.15. The molecule has 2 N–H and O–H groups in total. The maximum absolute atomic E-state index is 13.4. The van der Waals surface area contributed by atoms with E-state index in [-0.39, 0.29) is 35.5 Å². The molecule has 0 unspecified atom stereocenters. The molecule has 1 aromatic heterocycles. The number of carbonyl (C=O) groups is 1. The van der Waals surface area contributed by atoms with Gasteiger partial charge in [-0.15, -0.1) is 0 Å². The normalized spacial score (nSPS) is 26.5. The maximum Gasteiger partial charge on any atom is 0.251 e. The van der Waals surface area contributed by atoms with Crippen LogP contribution >= 0.6 is 11.6 Å². The fraction of sp³-hybridized carbons (Fsp3) is 0.519. The average molecular weight is 497 g/mol. The monoisotopic (exact) mass is 496 g/mol. The smallest absolute Gasteiger partial charge is 0.251 e. The number of ether oxygens (including phenoxy) is 1. The number of halogens is 1. The molecule has 7 nitrogen and oxygen atoms in total. The molecule has 2 atom stereocenters. The molecule has 8 heteroatoms. The Morgan fingerprint density at radius 2 is 1.91 bits per heavy atom. The van der Waals surface area contributed by atoms with E-state index in [9.17, 15) is 9.59 Å². The Bertz CT molecular complexity index is 1250. The standard InChI is InChI=1S/C27H33ClN4O3/c1-26(2)15-20(10-12-35-26)32-23(34)16-27(3,30-25(32)29)21-6-4-5-18(24(21)28)13-17-9-11-31(19-7-8-19)22(33)14-17/h4-6,9,11,14,19-20H,7-8,10,12-13,15-16H2,1-3H3,(H2,29,30)/t20-,27+/m1/s1. The Morgan fingerprint density at radius 3 is 2.57 bits per heavy atom. The molecule has 0 bridgehead atoms. The predicted molar refractivity (Wildman–Crippen MR) is 137 cm³/mol. The van der Waals surface area contributed by atoms with Crippen molar-refractivity contribution in [2.24, 2.45) is 10.7 Å². The van der Waals surface area contributed by atoms with Crippen molar-refractivity contribution in [2.45, 2.75) is 82.5 Å². The fourth-order valence-corrected chi connectivity index (χ4v) is 5.86. The molecule has 2 fully saturated rings. The number of guanidine groups is 1. The van der Waals surface area contributed by atoms with Crippen molar-refractivity contribution in [3.8, 4) is 0 Å². The Morgan fingerprint density at radius 1 is 1.14 bits per heavy atom. The van der Waals surface area contributed by atoms with Crippen LogP contribution in [0.5, 0.6) is 0 Å². The van der Waals surface area contributed by atoms with Gasteiger partial charge in [-0.05, 0) is 75.6 Å². The van der Waals surface area contributed by atoms with Crippen molar-refractivity contribution in [1.82, 2.24) is 9.47 Å². The Labute approximate surface area is 210 Å². The summed E-state index contributed by atoms with van der Waals surface area (Å²) >= 11 is 6.90. The zero-order valence-electron chi connectivity index (χ0n) is 20.6. The lowest BCUT2D eigenvalue weighted by atomic mass is 9.85. The number of pyridine rings is 1. The van der Waals surface area contributed by atoms with Gasteiger partial charge >= 0.3 is 0 Å². The third-order valence-corrected chi connectivity index (χ3v) is 7.86. The second-order valence-electron chi connectivity index (χ2n) is 10.9. The Balaban J connectivity index is 1.41. The van der Waals surface area contributed by atoms with Gasteiger partial charge in [0.15, 0.2) is 5.96 Å². The van der Waals surface area contributed by atoms with Gasteiger partial charge in [-0.1, -0.05) is 29.8 Å². The molecule has 2 aromatic rings. The van der Waals surface area contributed by atoms with E-state index in [4.69, 9.17) is 27.1 Å². The first kappa shape index (κ1) is 24.1. The summed E-state index contributed by atoms with van der Waals surface area (Å²) in [5.41, 5.74) is 7.84. The lowest BCUT2D eigenvalue weighted by Gasteiger charge is -2.44. The summed E-state index contributed by atoms with van der Waals surface area (Å²) < 4.78 is 7.62. The number of carbonyl (C=O) groups excluding carboxylic acids is 1. The van der Waals surface area contributed by atoms with Crippen LogP contribution in [0.2, 0.25) is 5.02 Å². The van der Waals surface area contributed by atoms with Gasteiger partial charge in [-0.2, -0.15) is 0 Å². The number of aliphatic imine (C=N–C) groups is 1. The van der Waals surface area contributed by atoms with Gasteiger partial charge in [0.05, 0.1) is 17.6 Å². The minimum atomic E-state index is -0.860. The van der Waals surface area contributed by atoms with Crippen LogP contribution in [0, 0.1) is 0 Å². The molecule has 5 rings (SSSR count). The first-order valence-electron chi connectivity index (χ1n) is 12.4. The molecule has 3 aliphatic rings. The molecular weight excluding hydrogens is 464 g/mol. The number of hydrogen-bond acceptors (Lipinski definition) is 5. The number of amides is 1. The highest BCUT2D eigenvalue weighted by Crippen LogP contribution is 2.40. The minimum absolute atomic E-state index is 0.0240. The van der Waals surface area contributed by atoms with E-state index in [2.05, 4.69) is 0 Å². The van der Waals surface area contributed by atoms with Crippen molar-refractivity contribution in [1.29, 1.82) is 0 Å². The van der Waals surface area contributed by atoms with Gasteiger partial charge in [-0.3, -0.25) is 14.5 Å². The molecular formula is C27H33ClN4O3.